The van der Waals surface area contributed by atoms with Gasteiger partial charge in [0.1, 0.15) is 0 Å². The topological polar surface area (TPSA) is 76.2 Å². The zero-order valence-electron chi connectivity index (χ0n) is 16.7. The van der Waals surface area contributed by atoms with Gasteiger partial charge in [0.2, 0.25) is 11.3 Å². The predicted molar refractivity (Wildman–Crippen MR) is 101 cm³/mol. The summed E-state index contributed by atoms with van der Waals surface area (Å²) < 4.78 is 52.5. The number of amides is 1. The fourth-order valence-corrected chi connectivity index (χ4v) is 4.78. The van der Waals surface area contributed by atoms with E-state index in [4.69, 9.17) is 9.47 Å². The zero-order chi connectivity index (χ0) is 22.6. The third kappa shape index (κ3) is 2.88. The van der Waals surface area contributed by atoms with Gasteiger partial charge >= 0.3 is 18.1 Å². The molecule has 7 nitrogen and oxygen atoms in total. The number of hydrogen-bond acceptors (Lipinski definition) is 6. The van der Waals surface area contributed by atoms with E-state index >= 15 is 0 Å². The van der Waals surface area contributed by atoms with Crippen LogP contribution in [-0.2, 0) is 23.9 Å². The monoisotopic (exact) mass is 436 g/mol. The van der Waals surface area contributed by atoms with Crippen LogP contribution in [0.1, 0.15) is 18.0 Å². The van der Waals surface area contributed by atoms with Crippen LogP contribution in [0.5, 0.6) is 0 Å². The summed E-state index contributed by atoms with van der Waals surface area (Å²) in [5.74, 6) is -3.66. The molecule has 2 aliphatic heterocycles. The Morgan fingerprint density at radius 2 is 1.65 bits per heavy atom. The van der Waals surface area contributed by atoms with Crippen molar-refractivity contribution in [2.45, 2.75) is 24.7 Å². The number of carbonyl (C=O) groups is 3. The van der Waals surface area contributed by atoms with Gasteiger partial charge in [-0.3, -0.25) is 19.4 Å². The van der Waals surface area contributed by atoms with Crippen LogP contribution in [0.25, 0.3) is 10.8 Å². The van der Waals surface area contributed by atoms with Crippen LogP contribution in [0, 0.1) is 5.41 Å². The average molecular weight is 436 g/mol. The van der Waals surface area contributed by atoms with Gasteiger partial charge in [-0.2, -0.15) is 13.2 Å². The Morgan fingerprint density at radius 1 is 1.03 bits per heavy atom. The summed E-state index contributed by atoms with van der Waals surface area (Å²) in [5.41, 5.74) is -2.58. The first kappa shape index (κ1) is 21.1. The SMILES string of the molecule is COC(=O)C1(C(=O)OC)[C@H](c2ccc3ccccc3c2)N2CCC(=O)N2[C@H]1C(F)(F)F. The highest BCUT2D eigenvalue weighted by Crippen LogP contribution is 2.58. The molecule has 4 rings (SSSR count). The smallest absolute Gasteiger partial charge is 0.412 e. The highest BCUT2D eigenvalue weighted by atomic mass is 19.4. The zero-order valence-corrected chi connectivity index (χ0v) is 16.7. The molecule has 2 saturated heterocycles. The number of benzene rings is 2. The normalized spacial score (nSPS) is 23.1. The van der Waals surface area contributed by atoms with Crippen molar-refractivity contribution in [2.75, 3.05) is 20.8 Å². The van der Waals surface area contributed by atoms with E-state index in [0.717, 1.165) is 24.6 Å². The van der Waals surface area contributed by atoms with Crippen molar-refractivity contribution in [3.8, 4) is 0 Å². The summed E-state index contributed by atoms with van der Waals surface area (Å²) in [6.07, 6.45) is -5.28. The van der Waals surface area contributed by atoms with Gasteiger partial charge < -0.3 is 9.47 Å². The maximum absolute atomic E-state index is 14.4. The van der Waals surface area contributed by atoms with Crippen molar-refractivity contribution in [1.82, 2.24) is 10.0 Å². The fourth-order valence-electron chi connectivity index (χ4n) is 4.78. The lowest BCUT2D eigenvalue weighted by Crippen LogP contribution is -2.59. The van der Waals surface area contributed by atoms with E-state index in [1.54, 1.807) is 30.3 Å². The number of rotatable bonds is 3. The molecule has 1 amide bonds. The minimum absolute atomic E-state index is 0.0847. The Bertz CT molecular complexity index is 1050. The lowest BCUT2D eigenvalue weighted by atomic mass is 9.71. The van der Waals surface area contributed by atoms with Crippen LogP contribution >= 0.6 is 0 Å². The summed E-state index contributed by atoms with van der Waals surface area (Å²) in [4.78, 5) is 38.5. The van der Waals surface area contributed by atoms with Gasteiger partial charge in [-0.1, -0.05) is 36.4 Å². The molecule has 0 radical (unpaired) electrons. The van der Waals surface area contributed by atoms with E-state index in [1.807, 2.05) is 12.1 Å². The van der Waals surface area contributed by atoms with E-state index in [-0.39, 0.29) is 18.5 Å². The Kier molecular flexibility index (Phi) is 4.92. The molecule has 2 heterocycles. The first-order chi connectivity index (χ1) is 14.7. The highest BCUT2D eigenvalue weighted by molar-refractivity contribution is 6.04. The largest absolute Gasteiger partial charge is 0.468 e. The third-order valence-corrected chi connectivity index (χ3v) is 5.94. The lowest BCUT2D eigenvalue weighted by Gasteiger charge is -2.35. The predicted octanol–water partition coefficient (Wildman–Crippen LogP) is 2.61. The molecule has 2 atom stereocenters. The van der Waals surface area contributed by atoms with Gasteiger partial charge in [0, 0.05) is 13.0 Å². The van der Waals surface area contributed by atoms with Gasteiger partial charge in [-0.05, 0) is 22.4 Å². The first-order valence-electron chi connectivity index (χ1n) is 9.48. The van der Waals surface area contributed by atoms with Gasteiger partial charge in [-0.25, -0.2) is 5.01 Å². The molecular weight excluding hydrogens is 417 g/mol. The number of esters is 2. The maximum Gasteiger partial charge on any atom is 0.412 e. The Balaban J connectivity index is 2.04. The third-order valence-electron chi connectivity index (χ3n) is 5.94. The number of ether oxygens (including phenoxy) is 2. The van der Waals surface area contributed by atoms with Crippen LogP contribution in [0.2, 0.25) is 0 Å². The molecule has 0 N–H and O–H groups in total. The van der Waals surface area contributed by atoms with Crippen molar-refractivity contribution in [2.24, 2.45) is 5.41 Å². The Labute approximate surface area is 175 Å². The molecule has 10 heteroatoms. The molecule has 0 aliphatic carbocycles. The van der Waals surface area contributed by atoms with E-state index in [9.17, 15) is 27.6 Å². The number of halogens is 3. The van der Waals surface area contributed by atoms with Crippen molar-refractivity contribution >= 4 is 28.6 Å². The van der Waals surface area contributed by atoms with Crippen molar-refractivity contribution in [3.05, 3.63) is 48.0 Å². The number of methoxy groups -OCH3 is 2. The Hall–Kier alpha value is -3.14. The molecule has 0 aromatic heterocycles. The van der Waals surface area contributed by atoms with E-state index in [1.165, 1.54) is 0 Å². The van der Waals surface area contributed by atoms with Gasteiger partial charge in [0.05, 0.1) is 20.3 Å². The number of carbonyl (C=O) groups excluding carboxylic acids is 3. The maximum atomic E-state index is 14.4. The molecule has 0 saturated carbocycles. The number of alkyl halides is 3. The molecule has 164 valence electrons. The Morgan fingerprint density at radius 3 is 2.23 bits per heavy atom. The van der Waals surface area contributed by atoms with Gasteiger partial charge in [0.25, 0.3) is 0 Å². The minimum atomic E-state index is -5.10. The van der Waals surface area contributed by atoms with Crippen LogP contribution < -0.4 is 0 Å². The first-order valence-corrected chi connectivity index (χ1v) is 9.48. The number of hydrazine groups is 1. The number of hydrogen-bond donors (Lipinski definition) is 0. The molecule has 0 bridgehead atoms. The van der Waals surface area contributed by atoms with Crippen LogP contribution in [0.4, 0.5) is 13.2 Å². The van der Waals surface area contributed by atoms with Crippen molar-refractivity contribution < 1.29 is 37.0 Å². The second-order valence-corrected chi connectivity index (χ2v) is 7.46. The second-order valence-electron chi connectivity index (χ2n) is 7.46. The number of fused-ring (bicyclic) bond motifs is 2. The summed E-state index contributed by atoms with van der Waals surface area (Å²) in [7, 11) is 1.80. The van der Waals surface area contributed by atoms with E-state index in [0.29, 0.717) is 10.4 Å². The second kappa shape index (κ2) is 7.23. The molecular formula is C21H19F3N2O5. The summed E-state index contributed by atoms with van der Waals surface area (Å²) in [6, 6.07) is 7.80. The molecule has 2 aliphatic rings. The van der Waals surface area contributed by atoms with Gasteiger partial charge in [0.15, 0.2) is 6.04 Å². The summed E-state index contributed by atoms with van der Waals surface area (Å²) in [6.45, 7) is -0.0847. The standard InChI is InChI=1S/C21H19F3N2O5/c1-30-18(28)20(19(29)31-2)16(14-8-7-12-5-3-4-6-13(12)11-14)25-10-9-15(27)26(25)17(20)21(22,23)24/h3-8,11,16-17H,9-10H2,1-2H3/t16-,17+/m0/s1. The summed E-state index contributed by atoms with van der Waals surface area (Å²) in [5, 5.41) is 3.15. The quantitative estimate of drug-likeness (QED) is 0.544. The van der Waals surface area contributed by atoms with E-state index in [2.05, 4.69) is 0 Å². The lowest BCUT2D eigenvalue weighted by molar-refractivity contribution is -0.220. The molecule has 0 unspecified atom stereocenters. The van der Waals surface area contributed by atoms with Crippen molar-refractivity contribution in [3.63, 3.8) is 0 Å². The summed E-state index contributed by atoms with van der Waals surface area (Å²) >= 11 is 0. The highest BCUT2D eigenvalue weighted by Gasteiger charge is 2.78. The molecule has 2 aromatic carbocycles. The molecule has 0 spiro atoms. The molecule has 2 aromatic rings. The molecule has 2 fully saturated rings. The van der Waals surface area contributed by atoms with Crippen LogP contribution in [-0.4, -0.2) is 60.8 Å². The van der Waals surface area contributed by atoms with Crippen LogP contribution in [0.15, 0.2) is 42.5 Å². The molecule has 31 heavy (non-hydrogen) atoms. The van der Waals surface area contributed by atoms with Crippen LogP contribution in [0.3, 0.4) is 0 Å². The van der Waals surface area contributed by atoms with Gasteiger partial charge in [-0.15, -0.1) is 0 Å². The minimum Gasteiger partial charge on any atom is -0.468 e. The van der Waals surface area contributed by atoms with E-state index < -0.39 is 41.5 Å². The fraction of sp³-hybridized carbons (Fsp3) is 0.381. The van der Waals surface area contributed by atoms with Crippen molar-refractivity contribution in [1.29, 1.82) is 0 Å². The average Bonchev–Trinajstić information content (AvgIpc) is 3.27. The number of nitrogens with zero attached hydrogens (tertiary/aromatic N) is 2.